The van der Waals surface area contributed by atoms with Crippen LogP contribution < -0.4 is 0 Å². The SMILES string of the molecule is CC(C)Cc1ccc(C(O)Cc2cc(Br)cs2)cc1. The van der Waals surface area contributed by atoms with Gasteiger partial charge >= 0.3 is 0 Å². The van der Waals surface area contributed by atoms with E-state index < -0.39 is 6.10 Å². The molecule has 19 heavy (non-hydrogen) atoms. The minimum atomic E-state index is -0.418. The minimum absolute atomic E-state index is 0.418. The normalized spacial score (nSPS) is 12.9. The molecule has 102 valence electrons. The van der Waals surface area contributed by atoms with E-state index in [1.54, 1.807) is 11.3 Å². The predicted octanol–water partition coefficient (Wildman–Crippen LogP) is 4.99. The highest BCUT2D eigenvalue weighted by molar-refractivity contribution is 9.10. The molecule has 1 aromatic heterocycles. The van der Waals surface area contributed by atoms with Gasteiger partial charge in [-0.3, -0.25) is 0 Å². The van der Waals surface area contributed by atoms with Gasteiger partial charge in [0.05, 0.1) is 6.10 Å². The third-order valence-corrected chi connectivity index (χ3v) is 4.74. The second-order valence-corrected chi connectivity index (χ2v) is 7.20. The molecule has 0 aliphatic heterocycles. The molecule has 2 rings (SSSR count). The monoisotopic (exact) mass is 338 g/mol. The van der Waals surface area contributed by atoms with Crippen LogP contribution in [-0.2, 0) is 12.8 Å². The van der Waals surface area contributed by atoms with Crippen molar-refractivity contribution in [1.82, 2.24) is 0 Å². The largest absolute Gasteiger partial charge is 0.388 e. The summed E-state index contributed by atoms with van der Waals surface area (Å²) in [5.41, 5.74) is 2.34. The molecule has 1 N–H and O–H groups in total. The second-order valence-electron chi connectivity index (χ2n) is 5.29. The van der Waals surface area contributed by atoms with Gasteiger partial charge in [0, 0.05) is 21.2 Å². The van der Waals surface area contributed by atoms with Crippen LogP contribution in [0, 0.1) is 5.92 Å². The lowest BCUT2D eigenvalue weighted by atomic mass is 9.99. The lowest BCUT2D eigenvalue weighted by molar-refractivity contribution is 0.179. The smallest absolute Gasteiger partial charge is 0.0838 e. The highest BCUT2D eigenvalue weighted by Gasteiger charge is 2.10. The zero-order chi connectivity index (χ0) is 13.8. The van der Waals surface area contributed by atoms with E-state index in [9.17, 15) is 5.11 Å². The molecular formula is C16H19BrOS. The molecule has 1 unspecified atom stereocenters. The van der Waals surface area contributed by atoms with E-state index in [4.69, 9.17) is 0 Å². The summed E-state index contributed by atoms with van der Waals surface area (Å²) in [4.78, 5) is 1.20. The maximum atomic E-state index is 10.2. The van der Waals surface area contributed by atoms with Gasteiger partial charge in [0.1, 0.15) is 0 Å². The van der Waals surface area contributed by atoms with Crippen molar-refractivity contribution in [2.24, 2.45) is 5.92 Å². The predicted molar refractivity (Wildman–Crippen MR) is 85.7 cm³/mol. The van der Waals surface area contributed by atoms with Gasteiger partial charge in [-0.15, -0.1) is 11.3 Å². The lowest BCUT2D eigenvalue weighted by Gasteiger charge is -2.11. The molecule has 0 aliphatic rings. The zero-order valence-corrected chi connectivity index (χ0v) is 13.7. The van der Waals surface area contributed by atoms with Crippen molar-refractivity contribution >= 4 is 27.3 Å². The van der Waals surface area contributed by atoms with Gasteiger partial charge in [-0.25, -0.2) is 0 Å². The lowest BCUT2D eigenvalue weighted by Crippen LogP contribution is -2.01. The summed E-state index contributed by atoms with van der Waals surface area (Å²) in [6.45, 7) is 4.44. The first-order valence-electron chi connectivity index (χ1n) is 6.54. The van der Waals surface area contributed by atoms with Crippen molar-refractivity contribution in [3.8, 4) is 0 Å². The molecule has 0 amide bonds. The van der Waals surface area contributed by atoms with Crippen LogP contribution in [-0.4, -0.2) is 5.11 Å². The second kappa shape index (κ2) is 6.69. The average Bonchev–Trinajstić information content (AvgIpc) is 2.75. The van der Waals surface area contributed by atoms with E-state index in [2.05, 4.69) is 48.0 Å². The summed E-state index contributed by atoms with van der Waals surface area (Å²) in [6.07, 6.45) is 1.35. The van der Waals surface area contributed by atoms with Gasteiger partial charge in [-0.2, -0.15) is 0 Å². The van der Waals surface area contributed by atoms with Crippen molar-refractivity contribution in [3.05, 3.63) is 56.2 Å². The summed E-state index contributed by atoms with van der Waals surface area (Å²) in [5.74, 6) is 0.666. The fourth-order valence-corrected chi connectivity index (χ4v) is 3.61. The Morgan fingerprint density at radius 2 is 1.84 bits per heavy atom. The first kappa shape index (κ1) is 14.8. The summed E-state index contributed by atoms with van der Waals surface area (Å²) in [7, 11) is 0. The Bertz CT molecular complexity index is 516. The van der Waals surface area contributed by atoms with E-state index >= 15 is 0 Å². The van der Waals surface area contributed by atoms with Gasteiger partial charge in [-0.05, 0) is 45.5 Å². The molecule has 0 fully saturated rings. The van der Waals surface area contributed by atoms with Gasteiger partial charge < -0.3 is 5.11 Å². The van der Waals surface area contributed by atoms with Crippen molar-refractivity contribution in [3.63, 3.8) is 0 Å². The molecule has 1 heterocycles. The molecule has 2 aromatic rings. The number of hydrogen-bond donors (Lipinski definition) is 1. The van der Waals surface area contributed by atoms with Crippen LogP contribution in [0.5, 0.6) is 0 Å². The number of benzene rings is 1. The first-order chi connectivity index (χ1) is 9.04. The number of aliphatic hydroxyl groups excluding tert-OH is 1. The standard InChI is InChI=1S/C16H19BrOS/c1-11(2)7-12-3-5-13(6-4-12)16(18)9-15-8-14(17)10-19-15/h3-6,8,10-11,16,18H,7,9H2,1-2H3. The molecule has 0 radical (unpaired) electrons. The average molecular weight is 339 g/mol. The molecule has 3 heteroatoms. The molecule has 1 nitrogen and oxygen atoms in total. The van der Waals surface area contributed by atoms with Crippen molar-refractivity contribution in [2.75, 3.05) is 0 Å². The van der Waals surface area contributed by atoms with Crippen LogP contribution in [0.4, 0.5) is 0 Å². The quantitative estimate of drug-likeness (QED) is 0.814. The molecule has 0 spiro atoms. The Hall–Kier alpha value is -0.640. The Morgan fingerprint density at radius 3 is 2.37 bits per heavy atom. The minimum Gasteiger partial charge on any atom is -0.388 e. The molecule has 0 aliphatic carbocycles. The summed E-state index contributed by atoms with van der Waals surface area (Å²) < 4.78 is 1.09. The Kier molecular flexibility index (Phi) is 5.20. The van der Waals surface area contributed by atoms with Crippen LogP contribution >= 0.6 is 27.3 Å². The Balaban J connectivity index is 2.01. The van der Waals surface area contributed by atoms with Crippen molar-refractivity contribution in [2.45, 2.75) is 32.8 Å². The molecule has 0 saturated heterocycles. The van der Waals surface area contributed by atoms with Crippen LogP contribution in [0.25, 0.3) is 0 Å². The Morgan fingerprint density at radius 1 is 1.16 bits per heavy atom. The highest BCUT2D eigenvalue weighted by atomic mass is 79.9. The van der Waals surface area contributed by atoms with Crippen LogP contribution in [0.1, 0.15) is 36.0 Å². The number of rotatable bonds is 5. The van der Waals surface area contributed by atoms with E-state index in [-0.39, 0.29) is 0 Å². The number of hydrogen-bond acceptors (Lipinski definition) is 2. The number of aliphatic hydroxyl groups is 1. The van der Waals surface area contributed by atoms with Crippen molar-refractivity contribution in [1.29, 1.82) is 0 Å². The summed E-state index contributed by atoms with van der Waals surface area (Å²) in [6, 6.07) is 10.4. The highest BCUT2D eigenvalue weighted by Crippen LogP contribution is 2.25. The molecular weight excluding hydrogens is 320 g/mol. The first-order valence-corrected chi connectivity index (χ1v) is 8.21. The topological polar surface area (TPSA) is 20.2 Å². The molecule has 1 atom stereocenters. The molecule has 1 aromatic carbocycles. The third-order valence-electron chi connectivity index (χ3n) is 3.02. The Labute approximate surface area is 127 Å². The van der Waals surface area contributed by atoms with Gasteiger partial charge in [0.2, 0.25) is 0 Å². The van der Waals surface area contributed by atoms with Crippen LogP contribution in [0.15, 0.2) is 40.2 Å². The summed E-state index contributed by atoms with van der Waals surface area (Å²) in [5, 5.41) is 12.3. The summed E-state index contributed by atoms with van der Waals surface area (Å²) >= 11 is 5.12. The van der Waals surface area contributed by atoms with Crippen LogP contribution in [0.3, 0.4) is 0 Å². The van der Waals surface area contributed by atoms with Gasteiger partial charge in [0.25, 0.3) is 0 Å². The maximum absolute atomic E-state index is 10.2. The van der Waals surface area contributed by atoms with Gasteiger partial charge in [0.15, 0.2) is 0 Å². The van der Waals surface area contributed by atoms with E-state index in [1.807, 2.05) is 17.5 Å². The zero-order valence-electron chi connectivity index (χ0n) is 11.3. The third kappa shape index (κ3) is 4.44. The van der Waals surface area contributed by atoms with Crippen LogP contribution in [0.2, 0.25) is 0 Å². The van der Waals surface area contributed by atoms with Crippen molar-refractivity contribution < 1.29 is 5.11 Å². The number of halogens is 1. The number of thiophene rings is 1. The van der Waals surface area contributed by atoms with Gasteiger partial charge in [-0.1, -0.05) is 38.1 Å². The molecule has 0 bridgehead atoms. The maximum Gasteiger partial charge on any atom is 0.0838 e. The molecule has 0 saturated carbocycles. The fourth-order valence-electron chi connectivity index (χ4n) is 2.12. The van der Waals surface area contributed by atoms with E-state index in [0.29, 0.717) is 12.3 Å². The van der Waals surface area contributed by atoms with E-state index in [0.717, 1.165) is 16.5 Å². The van der Waals surface area contributed by atoms with E-state index in [1.165, 1.54) is 10.4 Å². The fraction of sp³-hybridized carbons (Fsp3) is 0.375.